The number of benzene rings is 12. The van der Waals surface area contributed by atoms with E-state index in [0.717, 1.165) is 28.4 Å². The first-order valence-corrected chi connectivity index (χ1v) is 23.2. The molecular weight excluding hydrogens is 809 g/mol. The third-order valence-electron chi connectivity index (χ3n) is 14.0. The van der Waals surface area contributed by atoms with Crippen LogP contribution in [-0.4, -0.2) is 0 Å². The second kappa shape index (κ2) is 15.8. The number of anilines is 6. The summed E-state index contributed by atoms with van der Waals surface area (Å²) >= 11 is 0. The summed E-state index contributed by atoms with van der Waals surface area (Å²) in [7, 11) is 0. The molecule has 0 saturated carbocycles. The molecule has 1 aliphatic carbocycles. The number of fused-ring (bicyclic) bond motifs is 2. The van der Waals surface area contributed by atoms with Crippen LogP contribution in [0.5, 0.6) is 0 Å². The van der Waals surface area contributed by atoms with Gasteiger partial charge in [0.2, 0.25) is 0 Å². The predicted molar refractivity (Wildman–Crippen MR) is 283 cm³/mol. The maximum atomic E-state index is 2.55. The van der Waals surface area contributed by atoms with E-state index in [-0.39, 0.29) is 0 Å². The summed E-state index contributed by atoms with van der Waals surface area (Å²) in [6, 6.07) is 98.2. The van der Waals surface area contributed by atoms with Gasteiger partial charge >= 0.3 is 0 Å². The third kappa shape index (κ3) is 6.04. The van der Waals surface area contributed by atoms with E-state index in [9.17, 15) is 0 Å². The molecule has 0 unspecified atom stereocenters. The standard InChI is InChI=1S/C65H44N2/c1-7-23-48(24-8-1)65(49-25-9-2-10-26-49)59-43-47(41-45-39-40-46-42-54(44-60(65)63(46)62(45)59)66(50-27-11-3-12-28-50)51-29-13-4-14-30-51)61-55-35-19-21-37-57(55)64(58-38-22-20-36-56(58)61)67(52-31-15-5-16-32-52)53-33-17-6-18-34-53/h1-44H. The molecule has 0 N–H and O–H groups in total. The van der Waals surface area contributed by atoms with Crippen molar-refractivity contribution in [2.75, 3.05) is 9.80 Å². The minimum atomic E-state index is -0.642. The molecule has 1 aliphatic rings. The average molecular weight is 853 g/mol. The summed E-state index contributed by atoms with van der Waals surface area (Å²) in [5.74, 6) is 0. The molecule has 0 heterocycles. The fraction of sp³-hybridized carbons (Fsp3) is 0.0154. The van der Waals surface area contributed by atoms with Crippen molar-refractivity contribution in [1.29, 1.82) is 0 Å². The SMILES string of the molecule is c1ccc(N(c2ccccc2)c2cc3c4c(ccc5cc(-c6c7ccccc7c(N(c7ccccc7)c7ccccc7)c7ccccc67)cc(c54)C3(c3ccccc3)c3ccccc3)c2)cc1. The molecule has 0 spiro atoms. The maximum absolute atomic E-state index is 2.55. The van der Waals surface area contributed by atoms with Gasteiger partial charge in [-0.2, -0.15) is 0 Å². The topological polar surface area (TPSA) is 6.48 Å². The fourth-order valence-electron chi connectivity index (χ4n) is 11.3. The lowest BCUT2D eigenvalue weighted by molar-refractivity contribution is 0.771. The van der Waals surface area contributed by atoms with Gasteiger partial charge in [-0.3, -0.25) is 0 Å². The van der Waals surface area contributed by atoms with Crippen molar-refractivity contribution < 1.29 is 0 Å². The van der Waals surface area contributed by atoms with Crippen LogP contribution in [0, 0.1) is 0 Å². The Morgan fingerprint density at radius 1 is 0.269 bits per heavy atom. The van der Waals surface area contributed by atoms with Gasteiger partial charge in [-0.25, -0.2) is 0 Å². The van der Waals surface area contributed by atoms with Crippen LogP contribution in [0.4, 0.5) is 34.1 Å². The van der Waals surface area contributed by atoms with E-state index in [1.165, 1.54) is 82.2 Å². The first kappa shape index (κ1) is 38.7. The number of hydrogen-bond acceptors (Lipinski definition) is 2. The second-order valence-electron chi connectivity index (χ2n) is 17.6. The Hall–Kier alpha value is -8.72. The van der Waals surface area contributed by atoms with Crippen molar-refractivity contribution in [3.63, 3.8) is 0 Å². The maximum Gasteiger partial charge on any atom is 0.0714 e. The first-order chi connectivity index (χ1) is 33.3. The first-order valence-electron chi connectivity index (χ1n) is 23.2. The summed E-state index contributed by atoms with van der Waals surface area (Å²) < 4.78 is 0. The van der Waals surface area contributed by atoms with Crippen molar-refractivity contribution in [1.82, 2.24) is 0 Å². The highest BCUT2D eigenvalue weighted by molar-refractivity contribution is 6.24. The van der Waals surface area contributed by atoms with Gasteiger partial charge < -0.3 is 9.80 Å². The van der Waals surface area contributed by atoms with Crippen molar-refractivity contribution in [3.8, 4) is 11.1 Å². The summed E-state index contributed by atoms with van der Waals surface area (Å²) in [6.45, 7) is 0. The number of nitrogens with zero attached hydrogens (tertiary/aromatic N) is 2. The highest BCUT2D eigenvalue weighted by Gasteiger charge is 2.46. The zero-order valence-corrected chi connectivity index (χ0v) is 36.8. The van der Waals surface area contributed by atoms with E-state index in [4.69, 9.17) is 0 Å². The monoisotopic (exact) mass is 852 g/mol. The van der Waals surface area contributed by atoms with Crippen LogP contribution >= 0.6 is 0 Å². The van der Waals surface area contributed by atoms with Crippen molar-refractivity contribution >= 4 is 77.2 Å². The van der Waals surface area contributed by atoms with Crippen LogP contribution in [0.1, 0.15) is 22.3 Å². The second-order valence-corrected chi connectivity index (χ2v) is 17.6. The van der Waals surface area contributed by atoms with Crippen molar-refractivity contribution in [3.05, 3.63) is 289 Å². The van der Waals surface area contributed by atoms with E-state index < -0.39 is 5.41 Å². The van der Waals surface area contributed by atoms with E-state index in [2.05, 4.69) is 277 Å². The summed E-state index contributed by atoms with van der Waals surface area (Å²) in [5.41, 5.74) is 13.6. The van der Waals surface area contributed by atoms with Crippen LogP contribution in [0.2, 0.25) is 0 Å². The molecule has 0 bridgehead atoms. The zero-order chi connectivity index (χ0) is 44.3. The van der Waals surface area contributed by atoms with Gasteiger partial charge in [0.05, 0.1) is 11.1 Å². The van der Waals surface area contributed by atoms with E-state index in [1.54, 1.807) is 0 Å². The predicted octanol–water partition coefficient (Wildman–Crippen LogP) is 17.6. The van der Waals surface area contributed by atoms with Gasteiger partial charge in [-0.1, -0.05) is 194 Å². The molecule has 12 aromatic rings. The summed E-state index contributed by atoms with van der Waals surface area (Å²) in [5, 5.41) is 9.90. The summed E-state index contributed by atoms with van der Waals surface area (Å²) in [6.07, 6.45) is 0. The van der Waals surface area contributed by atoms with Gasteiger partial charge in [0.1, 0.15) is 0 Å². The Bertz CT molecular complexity index is 3600. The molecule has 2 heteroatoms. The van der Waals surface area contributed by atoms with Gasteiger partial charge in [0.25, 0.3) is 0 Å². The number of hydrogen-bond donors (Lipinski definition) is 0. The molecule has 12 aromatic carbocycles. The molecule has 0 aromatic heterocycles. The quantitative estimate of drug-likeness (QED) is 0.105. The highest BCUT2D eigenvalue weighted by atomic mass is 15.1. The lowest BCUT2D eigenvalue weighted by atomic mass is 9.67. The van der Waals surface area contributed by atoms with Gasteiger partial charge in [0.15, 0.2) is 0 Å². The van der Waals surface area contributed by atoms with Crippen LogP contribution in [0.15, 0.2) is 267 Å². The molecule has 0 atom stereocenters. The Morgan fingerprint density at radius 3 is 1.07 bits per heavy atom. The van der Waals surface area contributed by atoms with Gasteiger partial charge in [-0.05, 0) is 138 Å². The minimum Gasteiger partial charge on any atom is -0.310 e. The zero-order valence-electron chi connectivity index (χ0n) is 36.8. The molecule has 67 heavy (non-hydrogen) atoms. The normalized spacial score (nSPS) is 12.6. The number of rotatable bonds is 9. The highest BCUT2D eigenvalue weighted by Crippen LogP contribution is 2.59. The van der Waals surface area contributed by atoms with Gasteiger partial charge in [0, 0.05) is 39.2 Å². The lowest BCUT2D eigenvalue weighted by Gasteiger charge is -2.35. The molecule has 2 nitrogen and oxygen atoms in total. The molecule has 0 aliphatic heterocycles. The van der Waals surface area contributed by atoms with Gasteiger partial charge in [-0.15, -0.1) is 0 Å². The smallest absolute Gasteiger partial charge is 0.0714 e. The molecule has 0 saturated heterocycles. The Kier molecular flexibility index (Phi) is 9.11. The minimum absolute atomic E-state index is 0.642. The van der Waals surface area contributed by atoms with Crippen LogP contribution in [-0.2, 0) is 5.41 Å². The molecule has 13 rings (SSSR count). The molecular formula is C65H44N2. The number of para-hydroxylation sites is 4. The Labute approximate surface area is 390 Å². The molecule has 0 radical (unpaired) electrons. The van der Waals surface area contributed by atoms with E-state index in [1.807, 2.05) is 0 Å². The molecule has 0 fully saturated rings. The Morgan fingerprint density at radius 2 is 0.627 bits per heavy atom. The third-order valence-corrected chi connectivity index (χ3v) is 14.0. The van der Waals surface area contributed by atoms with Crippen LogP contribution in [0.25, 0.3) is 54.2 Å². The van der Waals surface area contributed by atoms with Crippen LogP contribution in [0.3, 0.4) is 0 Å². The van der Waals surface area contributed by atoms with Crippen molar-refractivity contribution in [2.45, 2.75) is 5.41 Å². The lowest BCUT2D eigenvalue weighted by Crippen LogP contribution is -2.29. The van der Waals surface area contributed by atoms with Crippen molar-refractivity contribution in [2.24, 2.45) is 0 Å². The average Bonchev–Trinajstić information content (AvgIpc) is 3.70. The van der Waals surface area contributed by atoms with E-state index in [0.29, 0.717) is 0 Å². The Balaban J connectivity index is 1.13. The molecule has 314 valence electrons. The largest absolute Gasteiger partial charge is 0.310 e. The fourth-order valence-corrected chi connectivity index (χ4v) is 11.3. The summed E-state index contributed by atoms with van der Waals surface area (Å²) in [4.78, 5) is 4.84. The molecule has 0 amide bonds. The van der Waals surface area contributed by atoms with Crippen LogP contribution < -0.4 is 9.80 Å². The van der Waals surface area contributed by atoms with E-state index >= 15 is 0 Å².